The van der Waals surface area contributed by atoms with E-state index in [0.29, 0.717) is 17.7 Å². The molecule has 0 N–H and O–H groups in total. The molecule has 2 aromatic rings. The largest absolute Gasteiger partial charge is 0.422 e. The quantitative estimate of drug-likeness (QED) is 0.807. The maximum absolute atomic E-state index is 11.8. The summed E-state index contributed by atoms with van der Waals surface area (Å²) < 4.78 is 5.33. The summed E-state index contributed by atoms with van der Waals surface area (Å²) in [7, 11) is 0. The molecule has 0 fully saturated rings. The minimum atomic E-state index is -0.333. The molecule has 0 bridgehead atoms. The first-order valence-corrected chi connectivity index (χ1v) is 6.76. The molecule has 0 spiro atoms. The third-order valence-corrected chi connectivity index (χ3v) is 3.40. The maximum Gasteiger partial charge on any atom is 0.344 e. The number of hydrogen-bond donors (Lipinski definition) is 0. The summed E-state index contributed by atoms with van der Waals surface area (Å²) in [5, 5.41) is 0. The van der Waals surface area contributed by atoms with Crippen LogP contribution in [0.5, 0.6) is 0 Å². The zero-order valence-corrected chi connectivity index (χ0v) is 11.6. The number of esters is 1. The second kappa shape index (κ2) is 5.37. The van der Waals surface area contributed by atoms with Crippen LogP contribution in [0.25, 0.3) is 11.8 Å². The SMILES string of the molecule is CC(=O)Cc1ccccc1/C=C1\OC(=O)c2ccccc21. The van der Waals surface area contributed by atoms with Gasteiger partial charge in [0.2, 0.25) is 0 Å². The Morgan fingerprint density at radius 3 is 2.48 bits per heavy atom. The minimum Gasteiger partial charge on any atom is -0.422 e. The molecule has 104 valence electrons. The van der Waals surface area contributed by atoms with Crippen molar-refractivity contribution >= 4 is 23.6 Å². The van der Waals surface area contributed by atoms with E-state index in [4.69, 9.17) is 4.74 Å². The predicted molar refractivity (Wildman–Crippen MR) is 80.6 cm³/mol. The van der Waals surface area contributed by atoms with Gasteiger partial charge in [0, 0.05) is 12.0 Å². The van der Waals surface area contributed by atoms with Crippen molar-refractivity contribution in [3.05, 3.63) is 70.8 Å². The van der Waals surface area contributed by atoms with Crippen LogP contribution in [0.2, 0.25) is 0 Å². The van der Waals surface area contributed by atoms with Gasteiger partial charge in [0.25, 0.3) is 0 Å². The third kappa shape index (κ3) is 2.63. The summed E-state index contributed by atoms with van der Waals surface area (Å²) in [4.78, 5) is 23.2. The normalized spacial score (nSPS) is 14.9. The molecular weight excluding hydrogens is 264 g/mol. The number of cyclic esters (lactones) is 1. The van der Waals surface area contributed by atoms with E-state index in [-0.39, 0.29) is 11.8 Å². The van der Waals surface area contributed by atoms with Crippen molar-refractivity contribution in [3.63, 3.8) is 0 Å². The zero-order valence-electron chi connectivity index (χ0n) is 11.6. The van der Waals surface area contributed by atoms with Gasteiger partial charge in [0.1, 0.15) is 11.5 Å². The highest BCUT2D eigenvalue weighted by Gasteiger charge is 2.25. The molecule has 0 atom stereocenters. The number of carbonyl (C=O) groups is 2. The summed E-state index contributed by atoms with van der Waals surface area (Å²) in [6.45, 7) is 1.56. The molecule has 1 heterocycles. The Kier molecular flexibility index (Phi) is 3.40. The maximum atomic E-state index is 11.8. The lowest BCUT2D eigenvalue weighted by Gasteiger charge is -2.05. The molecule has 21 heavy (non-hydrogen) atoms. The first kappa shape index (κ1) is 13.3. The average molecular weight is 278 g/mol. The van der Waals surface area contributed by atoms with Crippen LogP contribution in [-0.4, -0.2) is 11.8 Å². The molecule has 3 nitrogen and oxygen atoms in total. The van der Waals surface area contributed by atoms with Crippen LogP contribution in [0.15, 0.2) is 48.5 Å². The number of fused-ring (bicyclic) bond motifs is 1. The Morgan fingerprint density at radius 1 is 1.05 bits per heavy atom. The van der Waals surface area contributed by atoms with E-state index < -0.39 is 0 Å². The van der Waals surface area contributed by atoms with Crippen LogP contribution in [-0.2, 0) is 16.0 Å². The number of ether oxygens (including phenoxy) is 1. The fraction of sp³-hybridized carbons (Fsp3) is 0.111. The molecule has 0 unspecified atom stereocenters. The van der Waals surface area contributed by atoms with Gasteiger partial charge < -0.3 is 4.74 Å². The highest BCUT2D eigenvalue weighted by Crippen LogP contribution is 2.31. The highest BCUT2D eigenvalue weighted by molar-refractivity contribution is 6.05. The highest BCUT2D eigenvalue weighted by atomic mass is 16.5. The second-order valence-electron chi connectivity index (χ2n) is 5.02. The molecule has 3 rings (SSSR count). The molecule has 3 heteroatoms. The molecule has 1 aliphatic heterocycles. The van der Waals surface area contributed by atoms with Crippen molar-refractivity contribution in [2.45, 2.75) is 13.3 Å². The smallest absolute Gasteiger partial charge is 0.344 e. The lowest BCUT2D eigenvalue weighted by molar-refractivity contribution is -0.116. The number of Topliss-reactive ketones (excluding diaryl/α,β-unsaturated/α-hetero) is 1. The topological polar surface area (TPSA) is 43.4 Å². The number of ketones is 1. The molecule has 0 saturated carbocycles. The van der Waals surface area contributed by atoms with Crippen LogP contribution >= 0.6 is 0 Å². The summed E-state index contributed by atoms with van der Waals surface area (Å²) in [6, 6.07) is 14.9. The van der Waals surface area contributed by atoms with Gasteiger partial charge in [-0.05, 0) is 30.2 Å². The molecule has 1 aliphatic rings. The minimum absolute atomic E-state index is 0.102. The predicted octanol–water partition coefficient (Wildman–Crippen LogP) is 3.49. The number of rotatable bonds is 3. The Morgan fingerprint density at radius 2 is 1.71 bits per heavy atom. The van der Waals surface area contributed by atoms with Crippen molar-refractivity contribution in [1.29, 1.82) is 0 Å². The van der Waals surface area contributed by atoms with Crippen LogP contribution < -0.4 is 0 Å². The van der Waals surface area contributed by atoms with Crippen LogP contribution in [0, 0.1) is 0 Å². The van der Waals surface area contributed by atoms with Gasteiger partial charge in [-0.1, -0.05) is 42.5 Å². The Bertz CT molecular complexity index is 757. The third-order valence-electron chi connectivity index (χ3n) is 3.40. The van der Waals surface area contributed by atoms with Gasteiger partial charge in [-0.25, -0.2) is 4.79 Å². The number of hydrogen-bond acceptors (Lipinski definition) is 3. The van der Waals surface area contributed by atoms with Crippen molar-refractivity contribution in [2.24, 2.45) is 0 Å². The Balaban J connectivity index is 2.04. The molecular formula is C18H14O3. The van der Waals surface area contributed by atoms with Crippen LogP contribution in [0.3, 0.4) is 0 Å². The lowest BCUT2D eigenvalue weighted by atomic mass is 10.0. The standard InChI is InChI=1S/C18H14O3/c1-12(19)10-13-6-2-3-7-14(13)11-17-15-8-4-5-9-16(15)18(20)21-17/h2-9,11H,10H2,1H3/b17-11-. The van der Waals surface area contributed by atoms with Gasteiger partial charge in [0.05, 0.1) is 5.56 Å². The number of carbonyl (C=O) groups excluding carboxylic acids is 2. The second-order valence-corrected chi connectivity index (χ2v) is 5.02. The number of benzene rings is 2. The van der Waals surface area contributed by atoms with E-state index in [9.17, 15) is 9.59 Å². The summed E-state index contributed by atoms with van der Waals surface area (Å²) >= 11 is 0. The Labute approximate surface area is 122 Å². The molecule has 0 amide bonds. The van der Waals surface area contributed by atoms with Crippen molar-refractivity contribution in [2.75, 3.05) is 0 Å². The zero-order chi connectivity index (χ0) is 14.8. The van der Waals surface area contributed by atoms with Gasteiger partial charge in [-0.3, -0.25) is 4.79 Å². The molecule has 0 radical (unpaired) electrons. The van der Waals surface area contributed by atoms with Crippen LogP contribution in [0.1, 0.15) is 34.0 Å². The van der Waals surface area contributed by atoms with E-state index in [1.807, 2.05) is 48.5 Å². The van der Waals surface area contributed by atoms with Crippen LogP contribution in [0.4, 0.5) is 0 Å². The fourth-order valence-electron chi connectivity index (χ4n) is 2.44. The van der Waals surface area contributed by atoms with Crippen molar-refractivity contribution < 1.29 is 14.3 Å². The fourth-order valence-corrected chi connectivity index (χ4v) is 2.44. The first-order valence-electron chi connectivity index (χ1n) is 6.76. The molecule has 0 aromatic heterocycles. The average Bonchev–Trinajstić information content (AvgIpc) is 2.78. The van der Waals surface area contributed by atoms with Crippen molar-refractivity contribution in [1.82, 2.24) is 0 Å². The summed E-state index contributed by atoms with van der Waals surface area (Å²) in [5.74, 6) is 0.303. The summed E-state index contributed by atoms with van der Waals surface area (Å²) in [5.41, 5.74) is 3.19. The monoisotopic (exact) mass is 278 g/mol. The van der Waals surface area contributed by atoms with Gasteiger partial charge in [-0.2, -0.15) is 0 Å². The van der Waals surface area contributed by atoms with Gasteiger partial charge >= 0.3 is 5.97 Å². The van der Waals surface area contributed by atoms with E-state index in [0.717, 1.165) is 16.7 Å². The van der Waals surface area contributed by atoms with E-state index in [1.165, 1.54) is 0 Å². The van der Waals surface area contributed by atoms with Crippen molar-refractivity contribution in [3.8, 4) is 0 Å². The van der Waals surface area contributed by atoms with E-state index in [2.05, 4.69) is 0 Å². The first-order chi connectivity index (χ1) is 10.1. The summed E-state index contributed by atoms with van der Waals surface area (Å²) in [6.07, 6.45) is 2.19. The van der Waals surface area contributed by atoms with E-state index in [1.54, 1.807) is 13.0 Å². The lowest BCUT2D eigenvalue weighted by Crippen LogP contribution is -1.98. The molecule has 2 aromatic carbocycles. The molecule has 0 saturated heterocycles. The molecule has 0 aliphatic carbocycles. The van der Waals surface area contributed by atoms with Gasteiger partial charge in [-0.15, -0.1) is 0 Å². The van der Waals surface area contributed by atoms with E-state index >= 15 is 0 Å². The van der Waals surface area contributed by atoms with Gasteiger partial charge in [0.15, 0.2) is 0 Å². The Hall–Kier alpha value is -2.68.